The summed E-state index contributed by atoms with van der Waals surface area (Å²) in [6.07, 6.45) is -4.54. The van der Waals surface area contributed by atoms with Gasteiger partial charge in [0.1, 0.15) is 5.69 Å². The van der Waals surface area contributed by atoms with Crippen molar-refractivity contribution in [3.63, 3.8) is 0 Å². The van der Waals surface area contributed by atoms with Crippen LogP contribution in [-0.4, -0.2) is 35.2 Å². The Morgan fingerprint density at radius 1 is 1.32 bits per heavy atom. The van der Waals surface area contributed by atoms with Crippen molar-refractivity contribution in [2.45, 2.75) is 32.5 Å². The SMILES string of the molecule is Cc1ccc(C(=O)NC(C)(C)C(=O)[O-])nc1OCC(F)(F)F. The van der Waals surface area contributed by atoms with Crippen LogP contribution in [0.2, 0.25) is 0 Å². The van der Waals surface area contributed by atoms with E-state index in [0.29, 0.717) is 5.56 Å². The van der Waals surface area contributed by atoms with Gasteiger partial charge < -0.3 is 20.0 Å². The predicted octanol–water partition coefficient (Wildman–Crippen LogP) is 0.589. The van der Waals surface area contributed by atoms with Crippen LogP contribution < -0.4 is 15.2 Å². The molecule has 6 nitrogen and oxygen atoms in total. The number of hydrogen-bond donors (Lipinski definition) is 1. The third-order valence-electron chi connectivity index (χ3n) is 2.59. The topological polar surface area (TPSA) is 91.4 Å². The van der Waals surface area contributed by atoms with Gasteiger partial charge in [0.05, 0.1) is 11.5 Å². The number of carbonyl (C=O) groups excluding carboxylic acids is 2. The fraction of sp³-hybridized carbons (Fsp3) is 0.462. The minimum Gasteiger partial charge on any atom is -0.548 e. The zero-order valence-electron chi connectivity index (χ0n) is 12.1. The maximum Gasteiger partial charge on any atom is 0.422 e. The van der Waals surface area contributed by atoms with Gasteiger partial charge in [0, 0.05) is 5.56 Å². The number of carboxylic acids is 1. The van der Waals surface area contributed by atoms with Gasteiger partial charge in [0.2, 0.25) is 5.88 Å². The van der Waals surface area contributed by atoms with E-state index in [1.807, 2.05) is 0 Å². The minimum atomic E-state index is -4.54. The second-order valence-corrected chi connectivity index (χ2v) is 5.09. The third-order valence-corrected chi connectivity index (χ3v) is 2.59. The molecule has 22 heavy (non-hydrogen) atoms. The van der Waals surface area contributed by atoms with Crippen LogP contribution in [0.15, 0.2) is 12.1 Å². The maximum atomic E-state index is 12.1. The number of aryl methyl sites for hydroxylation is 1. The smallest absolute Gasteiger partial charge is 0.422 e. The second kappa shape index (κ2) is 6.20. The van der Waals surface area contributed by atoms with E-state index in [4.69, 9.17) is 0 Å². The van der Waals surface area contributed by atoms with E-state index in [9.17, 15) is 27.9 Å². The third kappa shape index (κ3) is 4.90. The summed E-state index contributed by atoms with van der Waals surface area (Å²) in [4.78, 5) is 26.4. The molecule has 0 fully saturated rings. The predicted molar refractivity (Wildman–Crippen MR) is 67.1 cm³/mol. The Bertz CT molecular complexity index is 585. The van der Waals surface area contributed by atoms with Gasteiger partial charge in [-0.05, 0) is 26.8 Å². The number of nitrogens with zero attached hydrogens (tertiary/aromatic N) is 1. The molecule has 1 rings (SSSR count). The first-order valence-corrected chi connectivity index (χ1v) is 6.13. The summed E-state index contributed by atoms with van der Waals surface area (Å²) >= 11 is 0. The van der Waals surface area contributed by atoms with Crippen LogP contribution in [0.5, 0.6) is 5.88 Å². The normalized spacial score (nSPS) is 11.9. The first-order chi connectivity index (χ1) is 9.92. The number of halogens is 3. The molecule has 0 bridgehead atoms. The number of rotatable bonds is 5. The van der Waals surface area contributed by atoms with Gasteiger partial charge in [0.25, 0.3) is 5.91 Å². The van der Waals surface area contributed by atoms with Crippen LogP contribution in [0, 0.1) is 6.92 Å². The van der Waals surface area contributed by atoms with E-state index in [0.717, 1.165) is 0 Å². The van der Waals surface area contributed by atoms with Crippen LogP contribution in [0.25, 0.3) is 0 Å². The Balaban J connectivity index is 2.93. The first-order valence-electron chi connectivity index (χ1n) is 6.13. The summed E-state index contributed by atoms with van der Waals surface area (Å²) < 4.78 is 40.9. The lowest BCUT2D eigenvalue weighted by atomic mass is 10.1. The van der Waals surface area contributed by atoms with Crippen molar-refractivity contribution >= 4 is 11.9 Å². The van der Waals surface area contributed by atoms with E-state index in [2.05, 4.69) is 15.0 Å². The van der Waals surface area contributed by atoms with E-state index < -0.39 is 30.2 Å². The number of pyridine rings is 1. The summed E-state index contributed by atoms with van der Waals surface area (Å²) in [5.74, 6) is -2.73. The van der Waals surface area contributed by atoms with Gasteiger partial charge in [-0.1, -0.05) is 6.07 Å². The highest BCUT2D eigenvalue weighted by Gasteiger charge is 2.29. The monoisotopic (exact) mass is 319 g/mol. The second-order valence-electron chi connectivity index (χ2n) is 5.09. The van der Waals surface area contributed by atoms with E-state index in [1.54, 1.807) is 0 Å². The quantitative estimate of drug-likeness (QED) is 0.857. The van der Waals surface area contributed by atoms with Crippen LogP contribution in [0.3, 0.4) is 0 Å². The molecule has 1 N–H and O–H groups in total. The number of alkyl halides is 3. The van der Waals surface area contributed by atoms with Gasteiger partial charge in [-0.15, -0.1) is 0 Å². The van der Waals surface area contributed by atoms with Crippen LogP contribution in [0.1, 0.15) is 29.9 Å². The van der Waals surface area contributed by atoms with Crippen molar-refractivity contribution in [1.29, 1.82) is 0 Å². The minimum absolute atomic E-state index is 0.267. The lowest BCUT2D eigenvalue weighted by molar-refractivity contribution is -0.312. The zero-order valence-corrected chi connectivity index (χ0v) is 12.1. The van der Waals surface area contributed by atoms with Crippen LogP contribution >= 0.6 is 0 Å². The first kappa shape index (κ1) is 17.7. The molecule has 0 aliphatic carbocycles. The molecule has 0 saturated carbocycles. The van der Waals surface area contributed by atoms with Gasteiger partial charge in [-0.25, -0.2) is 4.98 Å². The summed E-state index contributed by atoms with van der Waals surface area (Å²) in [5, 5.41) is 13.0. The molecule has 0 spiro atoms. The number of hydrogen-bond acceptors (Lipinski definition) is 5. The molecule has 0 aliphatic heterocycles. The Hall–Kier alpha value is -2.32. The van der Waals surface area contributed by atoms with Crippen LogP contribution in [0.4, 0.5) is 13.2 Å². The number of aliphatic carboxylic acids is 1. The molecule has 0 unspecified atom stereocenters. The molecular weight excluding hydrogens is 305 g/mol. The number of carbonyl (C=O) groups is 2. The highest BCUT2D eigenvalue weighted by molar-refractivity contribution is 5.95. The molecule has 0 aromatic carbocycles. The molecule has 1 heterocycles. The summed E-state index contributed by atoms with van der Waals surface area (Å²) in [5.41, 5.74) is -1.62. The van der Waals surface area contributed by atoms with Gasteiger partial charge in [-0.2, -0.15) is 13.2 Å². The number of ether oxygens (including phenoxy) is 1. The Morgan fingerprint density at radius 2 is 1.91 bits per heavy atom. The van der Waals surface area contributed by atoms with Crippen LogP contribution in [-0.2, 0) is 4.79 Å². The Kier molecular flexibility index (Phi) is 5.00. The van der Waals surface area contributed by atoms with E-state index >= 15 is 0 Å². The van der Waals surface area contributed by atoms with Gasteiger partial charge >= 0.3 is 6.18 Å². The molecule has 122 valence electrons. The molecule has 0 radical (unpaired) electrons. The van der Waals surface area contributed by atoms with Gasteiger partial charge in [-0.3, -0.25) is 4.79 Å². The van der Waals surface area contributed by atoms with Crippen molar-refractivity contribution in [3.05, 3.63) is 23.4 Å². The zero-order chi connectivity index (χ0) is 17.1. The van der Waals surface area contributed by atoms with Crippen molar-refractivity contribution in [3.8, 4) is 5.88 Å². The highest BCUT2D eigenvalue weighted by Crippen LogP contribution is 2.20. The average molecular weight is 319 g/mol. The largest absolute Gasteiger partial charge is 0.548 e. The molecule has 0 aliphatic rings. The lowest BCUT2D eigenvalue weighted by Gasteiger charge is -2.27. The standard InChI is InChI=1S/C13H15F3N2O4/c1-7-4-5-8(9(19)18-12(2,3)11(20)21)17-10(7)22-6-13(14,15)16/h4-5H,6H2,1-3H3,(H,18,19)(H,20,21)/p-1. The fourth-order valence-corrected chi connectivity index (χ4v) is 1.33. The Morgan fingerprint density at radius 3 is 2.41 bits per heavy atom. The van der Waals surface area contributed by atoms with Gasteiger partial charge in [0.15, 0.2) is 6.61 Å². The molecule has 1 aromatic rings. The summed E-state index contributed by atoms with van der Waals surface area (Å²) in [7, 11) is 0. The average Bonchev–Trinajstić information content (AvgIpc) is 2.35. The molecule has 0 saturated heterocycles. The number of nitrogens with one attached hydrogen (secondary N) is 1. The fourth-order valence-electron chi connectivity index (χ4n) is 1.33. The van der Waals surface area contributed by atoms with Crippen molar-refractivity contribution in [2.75, 3.05) is 6.61 Å². The molecule has 1 amide bonds. The van der Waals surface area contributed by atoms with Crippen molar-refractivity contribution in [2.24, 2.45) is 0 Å². The maximum absolute atomic E-state index is 12.1. The summed E-state index contributed by atoms with van der Waals surface area (Å²) in [6, 6.07) is 2.59. The molecule has 0 atom stereocenters. The number of amides is 1. The van der Waals surface area contributed by atoms with E-state index in [-0.39, 0.29) is 11.6 Å². The highest BCUT2D eigenvalue weighted by atomic mass is 19.4. The number of carboxylic acid groups (broad SMARTS) is 1. The Labute approximate surface area is 124 Å². The molecular formula is C13H14F3N2O4-. The van der Waals surface area contributed by atoms with Crippen molar-refractivity contribution in [1.82, 2.24) is 10.3 Å². The lowest BCUT2D eigenvalue weighted by Crippen LogP contribution is -2.56. The molecule has 1 aromatic heterocycles. The van der Waals surface area contributed by atoms with E-state index in [1.165, 1.54) is 32.9 Å². The molecule has 9 heteroatoms. The number of aromatic nitrogens is 1. The van der Waals surface area contributed by atoms with Crippen molar-refractivity contribution < 1.29 is 32.6 Å². The summed E-state index contributed by atoms with van der Waals surface area (Å²) in [6.45, 7) is 2.33.